The molecular weight excluding hydrogens is 160 g/mol. The predicted molar refractivity (Wildman–Crippen MR) is 55.5 cm³/mol. The molecule has 0 aromatic rings. The molecule has 0 spiro atoms. The zero-order valence-electron chi connectivity index (χ0n) is 9.99. The highest BCUT2D eigenvalue weighted by Gasteiger charge is 2.70. The smallest absolute Gasteiger partial charge is 0.144 e. The molecule has 0 aliphatic heterocycles. The Bertz CT molecular complexity index is 244. The Balaban J connectivity index is 2.94. The average Bonchev–Trinajstić information content (AvgIpc) is 2.32. The quantitative estimate of drug-likeness (QED) is 0.608. The van der Waals surface area contributed by atoms with Crippen LogP contribution in [0, 0.1) is 22.2 Å². The second kappa shape index (κ2) is 2.37. The van der Waals surface area contributed by atoms with Crippen LogP contribution in [-0.2, 0) is 4.79 Å². The molecule has 0 bridgehead atoms. The van der Waals surface area contributed by atoms with Gasteiger partial charge in [0, 0.05) is 10.8 Å². The Morgan fingerprint density at radius 3 is 1.54 bits per heavy atom. The Morgan fingerprint density at radius 2 is 1.46 bits per heavy atom. The van der Waals surface area contributed by atoms with Crippen molar-refractivity contribution < 1.29 is 4.79 Å². The van der Waals surface area contributed by atoms with Gasteiger partial charge in [0.25, 0.3) is 0 Å². The fourth-order valence-corrected chi connectivity index (χ4v) is 2.54. The molecule has 1 saturated carbocycles. The summed E-state index contributed by atoms with van der Waals surface area (Å²) in [5.74, 6) is 0.934. The Hall–Kier alpha value is -0.330. The topological polar surface area (TPSA) is 17.1 Å². The van der Waals surface area contributed by atoms with E-state index in [0.29, 0.717) is 11.7 Å². The number of carbonyl (C=O) groups excluding carboxylic acids is 1. The number of carbonyl (C=O) groups is 1. The standard InChI is InChI=1S/C12H22O/c1-8-11(5,6)12(8,7)9(13)10(2,3)4/h8H,1-7H3. The molecule has 1 aliphatic carbocycles. The highest BCUT2D eigenvalue weighted by Crippen LogP contribution is 2.70. The summed E-state index contributed by atoms with van der Waals surface area (Å²) in [6.07, 6.45) is 0. The van der Waals surface area contributed by atoms with Crippen molar-refractivity contribution in [1.29, 1.82) is 0 Å². The zero-order valence-corrected chi connectivity index (χ0v) is 9.99. The summed E-state index contributed by atoms with van der Waals surface area (Å²) < 4.78 is 0. The molecule has 1 aliphatic rings. The van der Waals surface area contributed by atoms with Gasteiger partial charge in [-0.15, -0.1) is 0 Å². The zero-order chi connectivity index (χ0) is 10.7. The number of hydrogen-bond acceptors (Lipinski definition) is 1. The summed E-state index contributed by atoms with van der Waals surface area (Å²) in [6.45, 7) is 14.7. The van der Waals surface area contributed by atoms with Gasteiger partial charge in [-0.05, 0) is 11.3 Å². The minimum absolute atomic E-state index is 0.0920. The first-order chi connectivity index (χ1) is 5.56. The van der Waals surface area contributed by atoms with E-state index in [9.17, 15) is 4.79 Å². The second-order valence-corrected chi connectivity index (χ2v) is 6.22. The Kier molecular flexibility index (Phi) is 1.96. The van der Waals surface area contributed by atoms with Gasteiger partial charge in [-0.1, -0.05) is 48.5 Å². The van der Waals surface area contributed by atoms with E-state index in [2.05, 4.69) is 27.7 Å². The van der Waals surface area contributed by atoms with Crippen molar-refractivity contribution in [2.75, 3.05) is 0 Å². The van der Waals surface area contributed by atoms with Crippen LogP contribution in [0.5, 0.6) is 0 Å². The number of Topliss-reactive ketones (excluding diaryl/α,β-unsaturated/α-hetero) is 1. The average molecular weight is 182 g/mol. The van der Waals surface area contributed by atoms with Crippen LogP contribution in [0.2, 0.25) is 0 Å². The van der Waals surface area contributed by atoms with E-state index in [1.807, 2.05) is 20.8 Å². The van der Waals surface area contributed by atoms with Crippen molar-refractivity contribution in [3.63, 3.8) is 0 Å². The molecule has 1 nitrogen and oxygen atoms in total. The fraction of sp³-hybridized carbons (Fsp3) is 0.917. The summed E-state index contributed by atoms with van der Waals surface area (Å²) >= 11 is 0. The van der Waals surface area contributed by atoms with E-state index in [-0.39, 0.29) is 16.2 Å². The third-order valence-electron chi connectivity index (χ3n) is 4.36. The lowest BCUT2D eigenvalue weighted by Gasteiger charge is -2.24. The van der Waals surface area contributed by atoms with Gasteiger partial charge in [-0.25, -0.2) is 0 Å². The molecule has 0 amide bonds. The lowest BCUT2D eigenvalue weighted by Crippen LogP contribution is -2.31. The lowest BCUT2D eigenvalue weighted by molar-refractivity contribution is -0.132. The van der Waals surface area contributed by atoms with Crippen LogP contribution in [0.15, 0.2) is 0 Å². The molecule has 0 heterocycles. The van der Waals surface area contributed by atoms with Gasteiger partial charge in [0.05, 0.1) is 0 Å². The van der Waals surface area contributed by atoms with Gasteiger partial charge < -0.3 is 0 Å². The predicted octanol–water partition coefficient (Wildman–Crippen LogP) is 3.28. The summed E-state index contributed by atoms with van der Waals surface area (Å²) in [5, 5.41) is 0. The van der Waals surface area contributed by atoms with Gasteiger partial charge in [0.2, 0.25) is 0 Å². The number of rotatable bonds is 1. The second-order valence-electron chi connectivity index (χ2n) is 6.22. The fourth-order valence-electron chi connectivity index (χ4n) is 2.54. The van der Waals surface area contributed by atoms with Gasteiger partial charge in [0.1, 0.15) is 5.78 Å². The molecule has 0 radical (unpaired) electrons. The van der Waals surface area contributed by atoms with Gasteiger partial charge in [-0.2, -0.15) is 0 Å². The maximum Gasteiger partial charge on any atom is 0.144 e. The van der Waals surface area contributed by atoms with Crippen LogP contribution in [0.3, 0.4) is 0 Å². The van der Waals surface area contributed by atoms with Crippen LogP contribution >= 0.6 is 0 Å². The van der Waals surface area contributed by atoms with E-state index < -0.39 is 0 Å². The summed E-state index contributed by atoms with van der Waals surface area (Å²) in [5.41, 5.74) is -0.0978. The van der Waals surface area contributed by atoms with Crippen LogP contribution in [0.1, 0.15) is 48.5 Å². The monoisotopic (exact) mass is 182 g/mol. The van der Waals surface area contributed by atoms with Crippen molar-refractivity contribution in [3.05, 3.63) is 0 Å². The molecule has 1 rings (SSSR count). The van der Waals surface area contributed by atoms with Crippen molar-refractivity contribution in [1.82, 2.24) is 0 Å². The number of hydrogen-bond donors (Lipinski definition) is 0. The summed E-state index contributed by atoms with van der Waals surface area (Å²) in [7, 11) is 0. The van der Waals surface area contributed by atoms with Crippen molar-refractivity contribution in [2.24, 2.45) is 22.2 Å². The molecular formula is C12H22O. The van der Waals surface area contributed by atoms with Crippen molar-refractivity contribution in [3.8, 4) is 0 Å². The molecule has 0 aromatic carbocycles. The van der Waals surface area contributed by atoms with E-state index in [1.165, 1.54) is 0 Å². The lowest BCUT2D eigenvalue weighted by atomic mass is 9.78. The first-order valence-electron chi connectivity index (χ1n) is 5.11. The van der Waals surface area contributed by atoms with Crippen LogP contribution in [0.4, 0.5) is 0 Å². The highest BCUT2D eigenvalue weighted by molar-refractivity contribution is 5.93. The summed E-state index contributed by atoms with van der Waals surface area (Å²) in [4.78, 5) is 12.2. The molecule has 0 N–H and O–H groups in total. The molecule has 13 heavy (non-hydrogen) atoms. The largest absolute Gasteiger partial charge is 0.298 e. The Labute approximate surface area is 81.9 Å². The molecule has 2 unspecified atom stereocenters. The van der Waals surface area contributed by atoms with Gasteiger partial charge >= 0.3 is 0 Å². The van der Waals surface area contributed by atoms with E-state index in [0.717, 1.165) is 0 Å². The maximum atomic E-state index is 12.2. The van der Waals surface area contributed by atoms with E-state index in [4.69, 9.17) is 0 Å². The van der Waals surface area contributed by atoms with Crippen LogP contribution in [0.25, 0.3) is 0 Å². The SMILES string of the molecule is CC1C(C)(C)C1(C)C(=O)C(C)(C)C. The molecule has 0 aromatic heterocycles. The minimum atomic E-state index is -0.198. The Morgan fingerprint density at radius 1 is 1.15 bits per heavy atom. The number of ketones is 1. The molecule has 76 valence electrons. The summed E-state index contributed by atoms with van der Waals surface area (Å²) in [6, 6.07) is 0. The van der Waals surface area contributed by atoms with Crippen LogP contribution in [-0.4, -0.2) is 5.78 Å². The molecule has 1 fully saturated rings. The van der Waals surface area contributed by atoms with Gasteiger partial charge in [-0.3, -0.25) is 4.79 Å². The van der Waals surface area contributed by atoms with E-state index in [1.54, 1.807) is 0 Å². The normalized spacial score (nSPS) is 37.3. The highest BCUT2D eigenvalue weighted by atomic mass is 16.1. The first kappa shape index (κ1) is 10.7. The molecule has 2 atom stereocenters. The van der Waals surface area contributed by atoms with Crippen LogP contribution < -0.4 is 0 Å². The van der Waals surface area contributed by atoms with E-state index >= 15 is 0 Å². The first-order valence-corrected chi connectivity index (χ1v) is 5.11. The minimum Gasteiger partial charge on any atom is -0.298 e. The van der Waals surface area contributed by atoms with Crippen molar-refractivity contribution >= 4 is 5.78 Å². The molecule has 1 heteroatoms. The maximum absolute atomic E-state index is 12.2. The third kappa shape index (κ3) is 1.16. The third-order valence-corrected chi connectivity index (χ3v) is 4.36. The molecule has 0 saturated heterocycles. The van der Waals surface area contributed by atoms with Gasteiger partial charge in [0.15, 0.2) is 0 Å². The van der Waals surface area contributed by atoms with Crippen molar-refractivity contribution in [2.45, 2.75) is 48.5 Å².